The zero-order valence-corrected chi connectivity index (χ0v) is 17.3. The summed E-state index contributed by atoms with van der Waals surface area (Å²) < 4.78 is 15.0. The summed E-state index contributed by atoms with van der Waals surface area (Å²) in [4.78, 5) is 8.99. The van der Waals surface area contributed by atoms with Gasteiger partial charge in [-0.05, 0) is 40.8 Å². The highest BCUT2D eigenvalue weighted by Crippen LogP contribution is 2.23. The van der Waals surface area contributed by atoms with Crippen LogP contribution in [0.1, 0.15) is 31.9 Å². The molecule has 0 aliphatic carbocycles. The van der Waals surface area contributed by atoms with E-state index >= 15 is 0 Å². The predicted molar refractivity (Wildman–Crippen MR) is 115 cm³/mol. The first-order valence-electron chi connectivity index (χ1n) is 10.1. The SMILES string of the molecule is CC(C)(C)c1ccc(Cn2cnc(N3CCN(c4ccc(F)cc4)CC3)n2)cc1. The number of aromatic nitrogens is 3. The van der Waals surface area contributed by atoms with Gasteiger partial charge in [-0.15, -0.1) is 5.10 Å². The van der Waals surface area contributed by atoms with Crippen molar-refractivity contribution in [1.82, 2.24) is 14.8 Å². The minimum absolute atomic E-state index is 0.162. The molecule has 0 bridgehead atoms. The van der Waals surface area contributed by atoms with E-state index in [2.05, 4.69) is 64.9 Å². The molecule has 1 aliphatic rings. The molecule has 4 rings (SSSR count). The Morgan fingerprint density at radius 3 is 2.10 bits per heavy atom. The van der Waals surface area contributed by atoms with Gasteiger partial charge in [0.15, 0.2) is 0 Å². The minimum atomic E-state index is -0.199. The molecule has 3 aromatic rings. The van der Waals surface area contributed by atoms with E-state index in [0.717, 1.165) is 37.8 Å². The minimum Gasteiger partial charge on any atom is -0.368 e. The second kappa shape index (κ2) is 7.85. The van der Waals surface area contributed by atoms with E-state index in [9.17, 15) is 4.39 Å². The van der Waals surface area contributed by atoms with Gasteiger partial charge in [0.25, 0.3) is 0 Å². The number of anilines is 2. The van der Waals surface area contributed by atoms with Gasteiger partial charge in [-0.25, -0.2) is 14.1 Å². The third-order valence-corrected chi connectivity index (χ3v) is 5.44. The number of nitrogens with zero attached hydrogens (tertiary/aromatic N) is 5. The Bertz CT molecular complexity index is 933. The molecule has 2 aromatic carbocycles. The summed E-state index contributed by atoms with van der Waals surface area (Å²) >= 11 is 0. The molecule has 152 valence electrons. The summed E-state index contributed by atoms with van der Waals surface area (Å²) in [5, 5.41) is 4.67. The highest BCUT2D eigenvalue weighted by Gasteiger charge is 2.20. The Balaban J connectivity index is 1.35. The molecule has 29 heavy (non-hydrogen) atoms. The summed E-state index contributed by atoms with van der Waals surface area (Å²) in [7, 11) is 0. The molecule has 0 atom stereocenters. The number of benzene rings is 2. The molecule has 0 radical (unpaired) electrons. The topological polar surface area (TPSA) is 37.2 Å². The second-order valence-corrected chi connectivity index (χ2v) is 8.64. The number of hydrogen-bond acceptors (Lipinski definition) is 4. The Morgan fingerprint density at radius 1 is 0.862 bits per heavy atom. The monoisotopic (exact) mass is 393 g/mol. The molecule has 0 unspecified atom stereocenters. The zero-order chi connectivity index (χ0) is 20.4. The van der Waals surface area contributed by atoms with Crippen molar-refractivity contribution < 1.29 is 4.39 Å². The van der Waals surface area contributed by atoms with E-state index in [1.54, 1.807) is 6.33 Å². The number of rotatable bonds is 4. The van der Waals surface area contributed by atoms with Crippen molar-refractivity contribution in [3.05, 3.63) is 71.8 Å². The third-order valence-electron chi connectivity index (χ3n) is 5.44. The first-order valence-corrected chi connectivity index (χ1v) is 10.1. The molecule has 0 spiro atoms. The fraction of sp³-hybridized carbons (Fsp3) is 0.391. The van der Waals surface area contributed by atoms with Crippen LogP contribution in [0.3, 0.4) is 0 Å². The summed E-state index contributed by atoms with van der Waals surface area (Å²) in [6.07, 6.45) is 1.80. The lowest BCUT2D eigenvalue weighted by molar-refractivity contribution is 0.589. The van der Waals surface area contributed by atoms with Crippen molar-refractivity contribution in [2.45, 2.75) is 32.7 Å². The Hall–Kier alpha value is -2.89. The molecular weight excluding hydrogens is 365 g/mol. The molecule has 5 nitrogen and oxygen atoms in total. The molecular formula is C23H28FN5. The van der Waals surface area contributed by atoms with E-state index in [-0.39, 0.29) is 11.2 Å². The van der Waals surface area contributed by atoms with Crippen molar-refractivity contribution in [2.75, 3.05) is 36.0 Å². The zero-order valence-electron chi connectivity index (χ0n) is 17.3. The fourth-order valence-electron chi connectivity index (χ4n) is 3.62. The molecule has 1 saturated heterocycles. The van der Waals surface area contributed by atoms with E-state index < -0.39 is 0 Å². The van der Waals surface area contributed by atoms with Crippen molar-refractivity contribution in [3.8, 4) is 0 Å². The Morgan fingerprint density at radius 2 is 1.48 bits per heavy atom. The van der Waals surface area contributed by atoms with Crippen LogP contribution in [0, 0.1) is 5.82 Å². The van der Waals surface area contributed by atoms with Gasteiger partial charge >= 0.3 is 0 Å². The largest absolute Gasteiger partial charge is 0.368 e. The molecule has 6 heteroatoms. The fourth-order valence-corrected chi connectivity index (χ4v) is 3.62. The average molecular weight is 394 g/mol. The van der Waals surface area contributed by atoms with Gasteiger partial charge in [-0.2, -0.15) is 0 Å². The number of piperazine rings is 1. The highest BCUT2D eigenvalue weighted by molar-refractivity contribution is 5.48. The van der Waals surface area contributed by atoms with Crippen molar-refractivity contribution >= 4 is 11.6 Å². The van der Waals surface area contributed by atoms with Gasteiger partial charge in [-0.1, -0.05) is 45.0 Å². The lowest BCUT2D eigenvalue weighted by Gasteiger charge is -2.35. The average Bonchev–Trinajstić information content (AvgIpc) is 3.17. The lowest BCUT2D eigenvalue weighted by atomic mass is 9.87. The van der Waals surface area contributed by atoms with E-state index in [1.165, 1.54) is 23.3 Å². The summed E-state index contributed by atoms with van der Waals surface area (Å²) in [6.45, 7) is 10.8. The van der Waals surface area contributed by atoms with Gasteiger partial charge < -0.3 is 9.80 Å². The van der Waals surface area contributed by atoms with E-state index in [4.69, 9.17) is 0 Å². The summed E-state index contributed by atoms with van der Waals surface area (Å²) in [5.74, 6) is 0.574. The number of hydrogen-bond donors (Lipinski definition) is 0. The quantitative estimate of drug-likeness (QED) is 0.669. The Labute approximate surface area is 171 Å². The van der Waals surface area contributed by atoms with Crippen molar-refractivity contribution in [2.24, 2.45) is 0 Å². The smallest absolute Gasteiger partial charge is 0.244 e. The standard InChI is InChI=1S/C23H28FN5/c1-23(2,3)19-6-4-18(5-7-19)16-29-17-25-22(26-29)28-14-12-27(13-15-28)21-10-8-20(24)9-11-21/h4-11,17H,12-16H2,1-3H3. The first-order chi connectivity index (χ1) is 13.9. The third kappa shape index (κ3) is 4.58. The van der Waals surface area contributed by atoms with Crippen LogP contribution in [0.25, 0.3) is 0 Å². The molecule has 1 fully saturated rings. The molecule has 0 N–H and O–H groups in total. The van der Waals surface area contributed by atoms with Gasteiger partial charge in [0, 0.05) is 31.9 Å². The van der Waals surface area contributed by atoms with Crippen LogP contribution in [0.5, 0.6) is 0 Å². The van der Waals surface area contributed by atoms with E-state index in [1.807, 2.05) is 16.8 Å². The summed E-state index contributed by atoms with van der Waals surface area (Å²) in [6, 6.07) is 15.4. The molecule has 0 saturated carbocycles. The molecule has 1 aliphatic heterocycles. The van der Waals surface area contributed by atoms with Crippen LogP contribution < -0.4 is 9.80 Å². The lowest BCUT2D eigenvalue weighted by Crippen LogP contribution is -2.47. The molecule has 2 heterocycles. The molecule has 0 amide bonds. The van der Waals surface area contributed by atoms with Crippen molar-refractivity contribution in [3.63, 3.8) is 0 Å². The van der Waals surface area contributed by atoms with Crippen LogP contribution in [-0.2, 0) is 12.0 Å². The van der Waals surface area contributed by atoms with Crippen LogP contribution >= 0.6 is 0 Å². The van der Waals surface area contributed by atoms with Crippen LogP contribution in [0.4, 0.5) is 16.0 Å². The van der Waals surface area contributed by atoms with Gasteiger partial charge in [0.1, 0.15) is 12.1 Å². The maximum atomic E-state index is 13.1. The first kappa shape index (κ1) is 19.4. The number of halogens is 1. The van der Waals surface area contributed by atoms with Crippen LogP contribution in [0.15, 0.2) is 54.9 Å². The predicted octanol–water partition coefficient (Wildman–Crippen LogP) is 4.09. The molecule has 1 aromatic heterocycles. The normalized spacial score (nSPS) is 15.0. The van der Waals surface area contributed by atoms with Gasteiger partial charge in [0.2, 0.25) is 5.95 Å². The van der Waals surface area contributed by atoms with E-state index in [0.29, 0.717) is 6.54 Å². The van der Waals surface area contributed by atoms with Crippen LogP contribution in [0.2, 0.25) is 0 Å². The van der Waals surface area contributed by atoms with Gasteiger partial charge in [0.05, 0.1) is 6.54 Å². The van der Waals surface area contributed by atoms with Crippen LogP contribution in [-0.4, -0.2) is 40.9 Å². The van der Waals surface area contributed by atoms with Gasteiger partial charge in [-0.3, -0.25) is 0 Å². The van der Waals surface area contributed by atoms with Crippen molar-refractivity contribution in [1.29, 1.82) is 0 Å². The summed E-state index contributed by atoms with van der Waals surface area (Å²) in [5.41, 5.74) is 3.77. The maximum Gasteiger partial charge on any atom is 0.244 e. The maximum absolute atomic E-state index is 13.1. The Kier molecular flexibility index (Phi) is 5.26. The second-order valence-electron chi connectivity index (χ2n) is 8.64. The highest BCUT2D eigenvalue weighted by atomic mass is 19.1.